The molecule has 20 heavy (non-hydrogen) atoms. The van der Waals surface area contributed by atoms with Crippen LogP contribution in [0.3, 0.4) is 0 Å². The largest absolute Gasteiger partial charge is 0.470 e. The molecule has 0 aliphatic carbocycles. The highest BCUT2D eigenvalue weighted by atomic mass is 16.8. The molecule has 0 aromatic carbocycles. The molecule has 9 heteroatoms. The third kappa shape index (κ3) is 1.51. The number of nitro groups is 1. The summed E-state index contributed by atoms with van der Waals surface area (Å²) in [6.45, 7) is 3.83. The zero-order valence-corrected chi connectivity index (χ0v) is 10.9. The van der Waals surface area contributed by atoms with Crippen molar-refractivity contribution in [3.63, 3.8) is 0 Å². The molecule has 3 aliphatic heterocycles. The molecule has 4 rings (SSSR count). The van der Waals surface area contributed by atoms with Crippen molar-refractivity contribution >= 4 is 5.82 Å². The van der Waals surface area contributed by atoms with Crippen LogP contribution in [0.25, 0.3) is 0 Å². The van der Waals surface area contributed by atoms with E-state index in [-0.39, 0.29) is 36.6 Å². The Morgan fingerprint density at radius 1 is 1.45 bits per heavy atom. The van der Waals surface area contributed by atoms with Gasteiger partial charge in [0.15, 0.2) is 12.0 Å². The molecule has 108 valence electrons. The summed E-state index contributed by atoms with van der Waals surface area (Å²) in [7, 11) is 0. The number of hydrogen-bond donors (Lipinski definition) is 0. The van der Waals surface area contributed by atoms with Gasteiger partial charge in [0.2, 0.25) is 6.33 Å². The molecule has 0 spiro atoms. The van der Waals surface area contributed by atoms with E-state index in [1.54, 1.807) is 0 Å². The van der Waals surface area contributed by atoms with Crippen molar-refractivity contribution in [1.82, 2.24) is 9.55 Å². The molecule has 2 bridgehead atoms. The van der Waals surface area contributed by atoms with Gasteiger partial charge in [0, 0.05) is 0 Å². The Bertz CT molecular complexity index is 585. The van der Waals surface area contributed by atoms with Crippen LogP contribution in [0.5, 0.6) is 5.88 Å². The monoisotopic (exact) mass is 283 g/mol. The number of ether oxygens (including phenoxy) is 4. The Hall–Kier alpha value is -1.71. The highest BCUT2D eigenvalue weighted by Gasteiger charge is 2.58. The Morgan fingerprint density at radius 3 is 2.95 bits per heavy atom. The summed E-state index contributed by atoms with van der Waals surface area (Å²) >= 11 is 0. The molecule has 0 radical (unpaired) electrons. The van der Waals surface area contributed by atoms with Crippen LogP contribution in [-0.2, 0) is 14.2 Å². The third-order valence-corrected chi connectivity index (χ3v) is 3.69. The van der Waals surface area contributed by atoms with Crippen LogP contribution in [-0.4, -0.2) is 45.2 Å². The Morgan fingerprint density at radius 2 is 2.20 bits per heavy atom. The van der Waals surface area contributed by atoms with E-state index in [4.69, 9.17) is 18.9 Å². The van der Waals surface area contributed by atoms with Crippen LogP contribution in [0.1, 0.15) is 20.1 Å². The second-order valence-electron chi connectivity index (χ2n) is 5.48. The summed E-state index contributed by atoms with van der Waals surface area (Å²) in [4.78, 5) is 14.1. The lowest BCUT2D eigenvalue weighted by Crippen LogP contribution is -2.34. The smallest absolute Gasteiger partial charge is 0.426 e. The van der Waals surface area contributed by atoms with Crippen molar-refractivity contribution in [2.24, 2.45) is 0 Å². The molecule has 9 nitrogen and oxygen atoms in total. The van der Waals surface area contributed by atoms with Crippen LogP contribution in [0.15, 0.2) is 6.33 Å². The number of aromatic nitrogens is 2. The van der Waals surface area contributed by atoms with Gasteiger partial charge in [-0.15, -0.1) is 0 Å². The fraction of sp³-hybridized carbons (Fsp3) is 0.727. The quantitative estimate of drug-likeness (QED) is 0.549. The van der Waals surface area contributed by atoms with Gasteiger partial charge in [-0.25, -0.2) is 4.57 Å². The van der Waals surface area contributed by atoms with E-state index >= 15 is 0 Å². The molecular formula is C11H13N3O6. The summed E-state index contributed by atoms with van der Waals surface area (Å²) in [5.74, 6) is -0.905. The van der Waals surface area contributed by atoms with Gasteiger partial charge in [-0.2, -0.15) is 0 Å². The van der Waals surface area contributed by atoms with Gasteiger partial charge in [-0.05, 0) is 23.8 Å². The second kappa shape index (κ2) is 3.68. The van der Waals surface area contributed by atoms with Crippen molar-refractivity contribution in [2.45, 2.75) is 44.2 Å². The molecule has 0 N–H and O–H groups in total. The predicted molar refractivity (Wildman–Crippen MR) is 62.1 cm³/mol. The molecule has 2 saturated heterocycles. The minimum absolute atomic E-state index is 0.106. The Balaban J connectivity index is 1.76. The van der Waals surface area contributed by atoms with Crippen LogP contribution in [0.2, 0.25) is 0 Å². The van der Waals surface area contributed by atoms with E-state index in [0.29, 0.717) is 0 Å². The normalized spacial score (nSPS) is 36.9. The highest BCUT2D eigenvalue weighted by Crippen LogP contribution is 2.47. The van der Waals surface area contributed by atoms with E-state index in [1.165, 1.54) is 10.9 Å². The zero-order valence-electron chi connectivity index (χ0n) is 10.9. The van der Waals surface area contributed by atoms with Gasteiger partial charge in [0.1, 0.15) is 24.9 Å². The van der Waals surface area contributed by atoms with Gasteiger partial charge in [-0.1, -0.05) is 0 Å². The van der Waals surface area contributed by atoms with E-state index in [0.717, 1.165) is 0 Å². The molecule has 4 heterocycles. The van der Waals surface area contributed by atoms with E-state index in [1.807, 2.05) is 13.8 Å². The maximum absolute atomic E-state index is 10.9. The number of rotatable bonds is 1. The van der Waals surface area contributed by atoms with Gasteiger partial charge < -0.3 is 29.1 Å². The molecule has 3 aliphatic rings. The van der Waals surface area contributed by atoms with Crippen molar-refractivity contribution in [3.8, 4) is 5.88 Å². The van der Waals surface area contributed by atoms with E-state index in [9.17, 15) is 10.1 Å². The maximum Gasteiger partial charge on any atom is 0.426 e. The summed E-state index contributed by atoms with van der Waals surface area (Å²) in [5, 5.41) is 10.9. The lowest BCUT2D eigenvalue weighted by molar-refractivity contribution is -0.390. The first kappa shape index (κ1) is 12.1. The van der Waals surface area contributed by atoms with Crippen LogP contribution in [0, 0.1) is 10.1 Å². The van der Waals surface area contributed by atoms with Gasteiger partial charge in [-0.3, -0.25) is 0 Å². The fourth-order valence-corrected chi connectivity index (χ4v) is 2.96. The molecular weight excluding hydrogens is 270 g/mol. The SMILES string of the molecule is CC1(C)O[C@@H]2[C@H](O1)[C@H]1COc3c([N+](=O)[O-])ncn3[C@@H]2O1. The molecule has 0 saturated carbocycles. The molecule has 1 aromatic heterocycles. The summed E-state index contributed by atoms with van der Waals surface area (Å²) in [6.07, 6.45) is -0.0646. The summed E-state index contributed by atoms with van der Waals surface area (Å²) < 4.78 is 24.5. The topological polar surface area (TPSA) is 97.9 Å². The lowest BCUT2D eigenvalue weighted by atomic mass is 10.1. The van der Waals surface area contributed by atoms with Gasteiger partial charge in [0.05, 0.1) is 0 Å². The first-order valence-electron chi connectivity index (χ1n) is 6.31. The molecule has 1 aromatic rings. The number of fused-ring (bicyclic) bond motifs is 7. The first-order chi connectivity index (χ1) is 9.46. The third-order valence-electron chi connectivity index (χ3n) is 3.69. The van der Waals surface area contributed by atoms with Crippen LogP contribution < -0.4 is 4.74 Å². The number of hydrogen-bond acceptors (Lipinski definition) is 7. The number of nitrogens with zero attached hydrogens (tertiary/aromatic N) is 3. The minimum atomic E-state index is -0.702. The van der Waals surface area contributed by atoms with Crippen molar-refractivity contribution in [2.75, 3.05) is 6.61 Å². The number of imidazole rings is 1. The molecule has 2 fully saturated rings. The van der Waals surface area contributed by atoms with Crippen LogP contribution >= 0.6 is 0 Å². The van der Waals surface area contributed by atoms with Gasteiger partial charge >= 0.3 is 5.82 Å². The molecule has 0 unspecified atom stereocenters. The van der Waals surface area contributed by atoms with Gasteiger partial charge in [0.25, 0.3) is 5.88 Å². The molecule has 0 amide bonds. The Kier molecular flexibility index (Phi) is 2.22. The zero-order chi connectivity index (χ0) is 14.1. The maximum atomic E-state index is 10.9. The summed E-state index contributed by atoms with van der Waals surface area (Å²) in [5.41, 5.74) is 0. The predicted octanol–water partition coefficient (Wildman–Crippen LogP) is 0.601. The average molecular weight is 283 g/mol. The van der Waals surface area contributed by atoms with E-state index in [2.05, 4.69) is 4.98 Å². The standard InChI is InChI=1S/C11H13N3O6/c1-11(2)19-6-5-3-17-10-8(14(15)16)12-4-13(10)9(18-5)7(6)20-11/h4-7,9H,3H2,1-2H3/t5-,6-,7-,9-/m1/s1. The molecule has 4 atom stereocenters. The first-order valence-corrected chi connectivity index (χ1v) is 6.31. The lowest BCUT2D eigenvalue weighted by Gasteiger charge is -2.22. The summed E-state index contributed by atoms with van der Waals surface area (Å²) in [6, 6.07) is 0. The van der Waals surface area contributed by atoms with Crippen molar-refractivity contribution < 1.29 is 23.9 Å². The van der Waals surface area contributed by atoms with Crippen molar-refractivity contribution in [1.29, 1.82) is 0 Å². The van der Waals surface area contributed by atoms with Crippen LogP contribution in [0.4, 0.5) is 5.82 Å². The highest BCUT2D eigenvalue weighted by molar-refractivity contribution is 5.35. The fourth-order valence-electron chi connectivity index (χ4n) is 2.96. The Labute approximate surface area is 113 Å². The average Bonchev–Trinajstić information content (AvgIpc) is 2.94. The second-order valence-corrected chi connectivity index (χ2v) is 5.48. The minimum Gasteiger partial charge on any atom is -0.470 e. The van der Waals surface area contributed by atoms with Crippen molar-refractivity contribution in [3.05, 3.63) is 16.4 Å². The van der Waals surface area contributed by atoms with E-state index < -0.39 is 16.9 Å².